The lowest BCUT2D eigenvalue weighted by molar-refractivity contribution is -0.132. The lowest BCUT2D eigenvalue weighted by atomic mass is 10.4. The first-order valence-corrected chi connectivity index (χ1v) is 3.72. The number of carbonyl (C=O) groups is 2. The van der Waals surface area contributed by atoms with E-state index in [1.54, 1.807) is 12.2 Å². The summed E-state index contributed by atoms with van der Waals surface area (Å²) in [6, 6.07) is 0. The van der Waals surface area contributed by atoms with Gasteiger partial charge < -0.3 is 4.74 Å². The second-order valence-corrected chi connectivity index (χ2v) is 2.41. The molecule has 0 amide bonds. The zero-order chi connectivity index (χ0) is 9.68. The molecule has 1 rings (SSSR count). The minimum absolute atomic E-state index is 0.0754. The van der Waals surface area contributed by atoms with Gasteiger partial charge in [0.2, 0.25) is 0 Å². The molecule has 0 bridgehead atoms. The minimum Gasteiger partial charge on any atom is -0.423 e. The summed E-state index contributed by atoms with van der Waals surface area (Å²) in [5.41, 5.74) is 2.63. The molecule has 0 aromatic heterocycles. The highest BCUT2D eigenvalue weighted by Crippen LogP contribution is 2.07. The quantitative estimate of drug-likeness (QED) is 0.361. The van der Waals surface area contributed by atoms with Gasteiger partial charge in [-0.2, -0.15) is 0 Å². The minimum atomic E-state index is -0.379. The molecule has 0 radical (unpaired) electrons. The highest BCUT2D eigenvalue weighted by Gasteiger charge is 2.06. The Bertz CT molecular complexity index is 352. The van der Waals surface area contributed by atoms with Crippen LogP contribution in [0.4, 0.5) is 0 Å². The van der Waals surface area contributed by atoms with Gasteiger partial charge in [0.25, 0.3) is 0 Å². The van der Waals surface area contributed by atoms with Crippen molar-refractivity contribution in [3.8, 4) is 0 Å². The van der Waals surface area contributed by atoms with Gasteiger partial charge in [-0.1, -0.05) is 0 Å². The Morgan fingerprint density at radius 1 is 1.54 bits per heavy atom. The van der Waals surface area contributed by atoms with Crippen molar-refractivity contribution in [2.75, 3.05) is 0 Å². The van der Waals surface area contributed by atoms with E-state index in [2.05, 4.69) is 5.73 Å². The van der Waals surface area contributed by atoms with Crippen molar-refractivity contribution in [2.45, 2.75) is 6.92 Å². The first kappa shape index (κ1) is 9.23. The van der Waals surface area contributed by atoms with Gasteiger partial charge in [0.15, 0.2) is 5.78 Å². The van der Waals surface area contributed by atoms with Crippen molar-refractivity contribution in [3.63, 3.8) is 0 Å². The van der Waals surface area contributed by atoms with Crippen LogP contribution in [0.2, 0.25) is 0 Å². The van der Waals surface area contributed by atoms with Crippen LogP contribution in [0.1, 0.15) is 6.92 Å². The number of carbonyl (C=O) groups excluding carboxylic acids is 2. The third-order valence-corrected chi connectivity index (χ3v) is 1.23. The molecule has 0 unspecified atom stereocenters. The van der Waals surface area contributed by atoms with E-state index in [1.165, 1.54) is 25.2 Å². The zero-order valence-electron chi connectivity index (χ0n) is 7.11. The molecule has 0 aromatic rings. The maximum Gasteiger partial charge on any atom is 0.336 e. The van der Waals surface area contributed by atoms with E-state index in [0.29, 0.717) is 5.76 Å². The summed E-state index contributed by atoms with van der Waals surface area (Å²) in [5.74, 6) is -0.00161. The largest absolute Gasteiger partial charge is 0.423 e. The Kier molecular flexibility index (Phi) is 3.01. The summed E-state index contributed by atoms with van der Waals surface area (Å²) in [4.78, 5) is 21.0. The normalized spacial score (nSPS) is 16.7. The van der Waals surface area contributed by atoms with Crippen LogP contribution < -0.4 is 0 Å². The number of ketones is 1. The van der Waals surface area contributed by atoms with Gasteiger partial charge in [-0.3, -0.25) is 4.79 Å². The summed E-state index contributed by atoms with van der Waals surface area (Å²) < 4.78 is 4.71. The number of rotatable bonds is 2. The van der Waals surface area contributed by atoms with Crippen molar-refractivity contribution in [3.05, 3.63) is 41.9 Å². The maximum atomic E-state index is 10.5. The first-order valence-electron chi connectivity index (χ1n) is 3.72. The standard InChI is InChI=1S/C10H8O3/c1-8(11)4-2-3-5-9-6-7-10(12)13-9/h3-7H,1H3/b9-5-. The summed E-state index contributed by atoms with van der Waals surface area (Å²) in [7, 11) is 0. The second kappa shape index (κ2) is 4.24. The van der Waals surface area contributed by atoms with E-state index < -0.39 is 0 Å². The van der Waals surface area contributed by atoms with Crippen LogP contribution in [0.3, 0.4) is 0 Å². The SMILES string of the molecule is CC(=O)C=C=C/C=C1/C=CC(=O)O1. The van der Waals surface area contributed by atoms with Crippen LogP contribution in [-0.4, -0.2) is 11.8 Å². The molecule has 0 saturated heterocycles. The van der Waals surface area contributed by atoms with Crippen molar-refractivity contribution in [1.82, 2.24) is 0 Å². The molecule has 1 aliphatic heterocycles. The molecule has 3 heteroatoms. The van der Waals surface area contributed by atoms with Gasteiger partial charge in [-0.05, 0) is 25.2 Å². The molecule has 0 fully saturated rings. The fourth-order valence-electron chi connectivity index (χ4n) is 0.720. The lowest BCUT2D eigenvalue weighted by Crippen LogP contribution is -1.89. The number of hydrogen-bond donors (Lipinski definition) is 0. The molecular formula is C10H8O3. The average Bonchev–Trinajstić information content (AvgIpc) is 2.45. The molecule has 0 N–H and O–H groups in total. The molecule has 0 atom stereocenters. The maximum absolute atomic E-state index is 10.5. The molecule has 0 aliphatic carbocycles. The molecule has 13 heavy (non-hydrogen) atoms. The number of ether oxygens (including phenoxy) is 1. The number of cyclic esters (lactones) is 1. The molecular weight excluding hydrogens is 168 g/mol. The van der Waals surface area contributed by atoms with Crippen molar-refractivity contribution < 1.29 is 14.3 Å². The van der Waals surface area contributed by atoms with E-state index in [1.807, 2.05) is 0 Å². The topological polar surface area (TPSA) is 43.4 Å². The van der Waals surface area contributed by atoms with Gasteiger partial charge in [-0.15, -0.1) is 5.73 Å². The van der Waals surface area contributed by atoms with E-state index in [9.17, 15) is 9.59 Å². The second-order valence-electron chi connectivity index (χ2n) is 2.41. The first-order chi connectivity index (χ1) is 6.18. The molecule has 66 valence electrons. The van der Waals surface area contributed by atoms with E-state index in [-0.39, 0.29) is 11.8 Å². The van der Waals surface area contributed by atoms with Crippen LogP contribution in [0.15, 0.2) is 41.9 Å². The Morgan fingerprint density at radius 2 is 2.31 bits per heavy atom. The summed E-state index contributed by atoms with van der Waals surface area (Å²) in [6.07, 6.45) is 7.25. The average molecular weight is 176 g/mol. The van der Waals surface area contributed by atoms with Gasteiger partial charge >= 0.3 is 5.97 Å². The highest BCUT2D eigenvalue weighted by atomic mass is 16.5. The van der Waals surface area contributed by atoms with E-state index >= 15 is 0 Å². The molecule has 1 aliphatic rings. The smallest absolute Gasteiger partial charge is 0.336 e. The monoisotopic (exact) mass is 176 g/mol. The number of allylic oxidation sites excluding steroid dienone is 3. The lowest BCUT2D eigenvalue weighted by Gasteiger charge is -1.89. The van der Waals surface area contributed by atoms with Crippen molar-refractivity contribution in [2.24, 2.45) is 0 Å². The van der Waals surface area contributed by atoms with Crippen LogP contribution in [0, 0.1) is 0 Å². The van der Waals surface area contributed by atoms with Gasteiger partial charge in [0.05, 0.1) is 0 Å². The van der Waals surface area contributed by atoms with E-state index in [0.717, 1.165) is 0 Å². The van der Waals surface area contributed by atoms with Crippen LogP contribution >= 0.6 is 0 Å². The molecule has 3 nitrogen and oxygen atoms in total. The van der Waals surface area contributed by atoms with Crippen LogP contribution in [0.5, 0.6) is 0 Å². The Balaban J connectivity index is 2.59. The molecule has 1 heterocycles. The Morgan fingerprint density at radius 3 is 2.85 bits per heavy atom. The number of hydrogen-bond acceptors (Lipinski definition) is 3. The van der Waals surface area contributed by atoms with Crippen LogP contribution in [-0.2, 0) is 14.3 Å². The fourth-order valence-corrected chi connectivity index (χ4v) is 0.720. The summed E-state index contributed by atoms with van der Waals surface area (Å²) in [5, 5.41) is 0. The fraction of sp³-hybridized carbons (Fsp3) is 0.100. The third kappa shape index (κ3) is 3.36. The molecule has 0 spiro atoms. The predicted octanol–water partition coefficient (Wildman–Crippen LogP) is 1.28. The van der Waals surface area contributed by atoms with E-state index in [4.69, 9.17) is 4.74 Å². The zero-order valence-corrected chi connectivity index (χ0v) is 7.11. The molecule has 0 aromatic carbocycles. The van der Waals surface area contributed by atoms with Gasteiger partial charge in [0, 0.05) is 12.2 Å². The van der Waals surface area contributed by atoms with Gasteiger partial charge in [0.1, 0.15) is 5.76 Å². The number of esters is 1. The predicted molar refractivity (Wildman–Crippen MR) is 46.6 cm³/mol. The van der Waals surface area contributed by atoms with Gasteiger partial charge in [-0.25, -0.2) is 4.79 Å². The van der Waals surface area contributed by atoms with Crippen molar-refractivity contribution in [1.29, 1.82) is 0 Å². The Hall–Kier alpha value is -1.86. The van der Waals surface area contributed by atoms with Crippen molar-refractivity contribution >= 4 is 11.8 Å². The van der Waals surface area contributed by atoms with Crippen LogP contribution in [0.25, 0.3) is 0 Å². The summed E-state index contributed by atoms with van der Waals surface area (Å²) in [6.45, 7) is 1.43. The molecule has 0 saturated carbocycles. The highest BCUT2D eigenvalue weighted by molar-refractivity contribution is 5.87. The summed E-state index contributed by atoms with van der Waals surface area (Å²) >= 11 is 0. The third-order valence-electron chi connectivity index (χ3n) is 1.23. The Labute approximate surface area is 75.7 Å².